The Morgan fingerprint density at radius 1 is 1.48 bits per heavy atom. The van der Waals surface area contributed by atoms with Gasteiger partial charge in [-0.05, 0) is 26.4 Å². The van der Waals surface area contributed by atoms with Gasteiger partial charge in [0, 0.05) is 12.2 Å². The van der Waals surface area contributed by atoms with Crippen LogP contribution in [0, 0.1) is 0 Å². The monoisotopic (exact) mass is 339 g/mol. The predicted octanol–water partition coefficient (Wildman–Crippen LogP) is 2.39. The lowest BCUT2D eigenvalue weighted by Gasteiger charge is -2.19. The van der Waals surface area contributed by atoms with Crippen molar-refractivity contribution in [3.05, 3.63) is 17.2 Å². The molecule has 0 aliphatic carbocycles. The molecular formula is C15H22ClN5O2. The highest BCUT2D eigenvalue weighted by atomic mass is 35.5. The highest BCUT2D eigenvalue weighted by Crippen LogP contribution is 2.23. The number of fused-ring (bicyclic) bond motifs is 1. The number of nitrogens with zero attached hydrogens (tertiary/aromatic N) is 5. The van der Waals surface area contributed by atoms with Crippen molar-refractivity contribution in [3.63, 3.8) is 0 Å². The van der Waals surface area contributed by atoms with Crippen LogP contribution in [0.5, 0.6) is 0 Å². The van der Waals surface area contributed by atoms with Crippen molar-refractivity contribution in [2.75, 3.05) is 20.7 Å². The lowest BCUT2D eigenvalue weighted by atomic mass is 10.2. The summed E-state index contributed by atoms with van der Waals surface area (Å²) in [5.74, 6) is -0.554. The van der Waals surface area contributed by atoms with Gasteiger partial charge < -0.3 is 9.64 Å². The highest BCUT2D eigenvalue weighted by molar-refractivity contribution is 6.34. The number of likely N-dealkylation sites (N-methyl/N-ethyl adjacent to an activating group) is 1. The zero-order chi connectivity index (χ0) is 17.0. The van der Waals surface area contributed by atoms with Gasteiger partial charge in [-0.2, -0.15) is 5.10 Å². The molecule has 3 rings (SSSR count). The van der Waals surface area contributed by atoms with E-state index in [9.17, 15) is 4.79 Å². The largest absolute Gasteiger partial charge is 0.463 e. The van der Waals surface area contributed by atoms with E-state index in [0.29, 0.717) is 28.8 Å². The minimum absolute atomic E-state index is 0.0163. The quantitative estimate of drug-likeness (QED) is 0.799. The molecule has 2 aromatic heterocycles. The number of carbonyl (C=O) groups is 1. The fourth-order valence-electron chi connectivity index (χ4n) is 2.65. The number of rotatable bonds is 3. The fraction of sp³-hybridized carbons (Fsp3) is 0.600. The van der Waals surface area contributed by atoms with Gasteiger partial charge in [0.25, 0.3) is 0 Å². The minimum Gasteiger partial charge on any atom is -0.463 e. The third-order valence-electron chi connectivity index (χ3n) is 3.87. The Morgan fingerprint density at radius 3 is 2.83 bits per heavy atom. The standard InChI is InChI=1S/C13H16ClN5O2.C2H6/c1-18-5-3-4-8(18)7-19-12-9(10(14)17-19)6-15-11(16-12)13(20)21-2;1-2/h6,8H,3-5,7H2,1-2H3;1-2H3. The summed E-state index contributed by atoms with van der Waals surface area (Å²) in [4.78, 5) is 22.1. The maximum Gasteiger partial charge on any atom is 0.376 e. The van der Waals surface area contributed by atoms with Crippen molar-refractivity contribution in [1.82, 2.24) is 24.6 Å². The first-order valence-electron chi connectivity index (χ1n) is 7.77. The van der Waals surface area contributed by atoms with Crippen molar-refractivity contribution in [3.8, 4) is 0 Å². The molecule has 7 nitrogen and oxygen atoms in total. The molecule has 3 heterocycles. The van der Waals surface area contributed by atoms with E-state index < -0.39 is 5.97 Å². The number of esters is 1. The van der Waals surface area contributed by atoms with E-state index in [0.717, 1.165) is 13.0 Å². The lowest BCUT2D eigenvalue weighted by molar-refractivity contribution is 0.0587. The molecule has 1 unspecified atom stereocenters. The zero-order valence-electron chi connectivity index (χ0n) is 13.9. The molecule has 23 heavy (non-hydrogen) atoms. The van der Waals surface area contributed by atoms with E-state index in [1.165, 1.54) is 19.7 Å². The maximum absolute atomic E-state index is 11.6. The topological polar surface area (TPSA) is 73.1 Å². The van der Waals surface area contributed by atoms with Crippen molar-refractivity contribution >= 4 is 28.6 Å². The summed E-state index contributed by atoms with van der Waals surface area (Å²) in [5, 5.41) is 5.31. The number of ether oxygens (including phenoxy) is 1. The SMILES string of the molecule is CC.COC(=O)c1ncc2c(Cl)nn(CC3CCCN3C)c2n1. The lowest BCUT2D eigenvalue weighted by Crippen LogP contribution is -2.29. The third-order valence-corrected chi connectivity index (χ3v) is 4.15. The van der Waals surface area contributed by atoms with Crippen LogP contribution in [0.1, 0.15) is 37.3 Å². The Kier molecular flexibility index (Phi) is 5.90. The van der Waals surface area contributed by atoms with Gasteiger partial charge in [-0.15, -0.1) is 0 Å². The summed E-state index contributed by atoms with van der Waals surface area (Å²) in [6.45, 7) is 5.78. The Bertz CT molecular complexity index is 688. The molecule has 8 heteroatoms. The Labute approximate surface area is 140 Å². The maximum atomic E-state index is 11.6. The summed E-state index contributed by atoms with van der Waals surface area (Å²) in [6.07, 6.45) is 3.81. The van der Waals surface area contributed by atoms with Crippen LogP contribution >= 0.6 is 11.6 Å². The second-order valence-electron chi connectivity index (χ2n) is 5.17. The summed E-state index contributed by atoms with van der Waals surface area (Å²) < 4.78 is 6.40. The molecule has 1 fully saturated rings. The molecule has 1 saturated heterocycles. The number of halogens is 1. The first-order chi connectivity index (χ1) is 11.1. The summed E-state index contributed by atoms with van der Waals surface area (Å²) in [6, 6.07) is 0.403. The van der Waals surface area contributed by atoms with Gasteiger partial charge in [0.1, 0.15) is 0 Å². The first-order valence-corrected chi connectivity index (χ1v) is 8.15. The van der Waals surface area contributed by atoms with E-state index in [4.69, 9.17) is 11.6 Å². The molecule has 0 bridgehead atoms. The molecule has 1 atom stereocenters. The number of hydrogen-bond acceptors (Lipinski definition) is 6. The summed E-state index contributed by atoms with van der Waals surface area (Å²) in [7, 11) is 3.40. The molecule has 0 N–H and O–H groups in total. The van der Waals surface area contributed by atoms with Gasteiger partial charge in [-0.1, -0.05) is 25.4 Å². The Balaban J connectivity index is 0.000000924. The van der Waals surface area contributed by atoms with Crippen LogP contribution in [0.3, 0.4) is 0 Å². The smallest absolute Gasteiger partial charge is 0.376 e. The van der Waals surface area contributed by atoms with Gasteiger partial charge in [-0.25, -0.2) is 19.4 Å². The van der Waals surface area contributed by atoms with Crippen molar-refractivity contribution in [1.29, 1.82) is 0 Å². The second-order valence-corrected chi connectivity index (χ2v) is 5.53. The first kappa shape index (κ1) is 17.6. The van der Waals surface area contributed by atoms with Crippen LogP contribution in [0.4, 0.5) is 0 Å². The highest BCUT2D eigenvalue weighted by Gasteiger charge is 2.24. The molecule has 1 aliphatic rings. The van der Waals surface area contributed by atoms with Gasteiger partial charge >= 0.3 is 5.97 Å². The normalized spacial score (nSPS) is 17.9. The molecule has 0 amide bonds. The molecule has 126 valence electrons. The summed E-state index contributed by atoms with van der Waals surface area (Å²) in [5.41, 5.74) is 0.565. The number of hydrogen-bond donors (Lipinski definition) is 0. The molecule has 0 saturated carbocycles. The number of likely N-dealkylation sites (tertiary alicyclic amines) is 1. The van der Waals surface area contributed by atoms with Gasteiger partial charge in [0.2, 0.25) is 5.82 Å². The molecular weight excluding hydrogens is 318 g/mol. The van der Waals surface area contributed by atoms with E-state index >= 15 is 0 Å². The Hall–Kier alpha value is -1.73. The Morgan fingerprint density at radius 2 is 2.22 bits per heavy atom. The van der Waals surface area contributed by atoms with Crippen molar-refractivity contribution < 1.29 is 9.53 Å². The van der Waals surface area contributed by atoms with E-state index in [1.807, 2.05) is 13.8 Å². The fourth-order valence-corrected chi connectivity index (χ4v) is 2.87. The molecule has 2 aromatic rings. The number of aromatic nitrogens is 4. The predicted molar refractivity (Wildman–Crippen MR) is 88.7 cm³/mol. The van der Waals surface area contributed by atoms with Crippen molar-refractivity contribution in [2.45, 2.75) is 39.3 Å². The average Bonchev–Trinajstić information content (AvgIpc) is 3.12. The van der Waals surface area contributed by atoms with Crippen LogP contribution < -0.4 is 0 Å². The van der Waals surface area contributed by atoms with Crippen LogP contribution in [0.2, 0.25) is 5.15 Å². The third kappa shape index (κ3) is 3.61. The summed E-state index contributed by atoms with van der Waals surface area (Å²) >= 11 is 6.12. The van der Waals surface area contributed by atoms with Gasteiger partial charge in [0.15, 0.2) is 10.8 Å². The van der Waals surface area contributed by atoms with E-state index in [-0.39, 0.29) is 5.82 Å². The molecule has 0 radical (unpaired) electrons. The molecule has 0 spiro atoms. The van der Waals surface area contributed by atoms with Gasteiger partial charge in [-0.3, -0.25) is 0 Å². The van der Waals surface area contributed by atoms with E-state index in [1.54, 1.807) is 4.68 Å². The zero-order valence-corrected chi connectivity index (χ0v) is 14.7. The number of methoxy groups -OCH3 is 1. The average molecular weight is 340 g/mol. The van der Waals surface area contributed by atoms with Crippen LogP contribution in [0.25, 0.3) is 11.0 Å². The molecule has 0 aromatic carbocycles. The van der Waals surface area contributed by atoms with Crippen LogP contribution in [0.15, 0.2) is 6.20 Å². The van der Waals surface area contributed by atoms with Crippen LogP contribution in [-0.2, 0) is 11.3 Å². The van der Waals surface area contributed by atoms with Crippen LogP contribution in [-0.4, -0.2) is 57.4 Å². The second kappa shape index (κ2) is 7.70. The van der Waals surface area contributed by atoms with E-state index in [2.05, 4.69) is 31.8 Å². The molecule has 1 aliphatic heterocycles. The minimum atomic E-state index is -0.571. The van der Waals surface area contributed by atoms with Crippen molar-refractivity contribution in [2.24, 2.45) is 0 Å². The van der Waals surface area contributed by atoms with Gasteiger partial charge in [0.05, 0.1) is 19.0 Å². The number of carbonyl (C=O) groups excluding carboxylic acids is 1.